The molecule has 2 aromatic rings. The van der Waals surface area contributed by atoms with E-state index in [4.69, 9.17) is 0 Å². The average molecular weight is 173 g/mol. The maximum atomic E-state index is 9.38. The summed E-state index contributed by atoms with van der Waals surface area (Å²) in [6, 6.07) is 11.7. The van der Waals surface area contributed by atoms with Crippen LogP contribution >= 0.6 is 0 Å². The van der Waals surface area contributed by atoms with Gasteiger partial charge in [0.15, 0.2) is 0 Å². The molecule has 0 aliphatic carbocycles. The van der Waals surface area contributed by atoms with E-state index in [2.05, 4.69) is 4.98 Å². The number of benzene rings is 1. The van der Waals surface area contributed by atoms with Gasteiger partial charge in [0.05, 0.1) is 5.69 Å². The van der Waals surface area contributed by atoms with Gasteiger partial charge in [-0.2, -0.15) is 0 Å². The number of hydrogen-bond donors (Lipinski definition) is 2. The molecule has 0 atom stereocenters. The second-order valence-corrected chi connectivity index (χ2v) is 3.00. The molecule has 2 rings (SSSR count). The van der Waals surface area contributed by atoms with Crippen LogP contribution in [-0.2, 0) is 6.42 Å². The van der Waals surface area contributed by atoms with Gasteiger partial charge in [0.25, 0.3) is 0 Å². The van der Waals surface area contributed by atoms with Crippen molar-refractivity contribution in [1.82, 2.24) is 4.98 Å². The van der Waals surface area contributed by atoms with E-state index in [-0.39, 0.29) is 0 Å². The van der Waals surface area contributed by atoms with E-state index in [0.717, 1.165) is 12.1 Å². The molecular weight excluding hydrogens is 162 g/mol. The van der Waals surface area contributed by atoms with Crippen molar-refractivity contribution in [1.29, 1.82) is 0 Å². The molecule has 0 radical (unpaired) electrons. The number of H-pyrrole nitrogens is 1. The first-order chi connectivity index (χ1) is 6.36. The van der Waals surface area contributed by atoms with E-state index in [0.29, 0.717) is 5.75 Å². The summed E-state index contributed by atoms with van der Waals surface area (Å²) in [5.41, 5.74) is 2.06. The topological polar surface area (TPSA) is 36.0 Å². The van der Waals surface area contributed by atoms with Crippen molar-refractivity contribution in [2.75, 3.05) is 0 Å². The number of nitrogens with one attached hydrogen (secondary N) is 1. The maximum absolute atomic E-state index is 9.38. The van der Waals surface area contributed by atoms with Crippen LogP contribution in [-0.4, -0.2) is 10.1 Å². The van der Waals surface area contributed by atoms with Crippen LogP contribution in [0.15, 0.2) is 42.6 Å². The highest BCUT2D eigenvalue weighted by Gasteiger charge is 2.01. The quantitative estimate of drug-likeness (QED) is 0.718. The molecule has 2 N–H and O–H groups in total. The summed E-state index contributed by atoms with van der Waals surface area (Å²) < 4.78 is 0. The molecule has 13 heavy (non-hydrogen) atoms. The Morgan fingerprint density at radius 1 is 1.08 bits per heavy atom. The molecule has 0 fully saturated rings. The molecule has 66 valence electrons. The van der Waals surface area contributed by atoms with Gasteiger partial charge >= 0.3 is 0 Å². The summed E-state index contributed by atoms with van der Waals surface area (Å²) in [6.45, 7) is 0. The Balaban J connectivity index is 2.20. The number of rotatable bonds is 2. The van der Waals surface area contributed by atoms with E-state index in [1.807, 2.05) is 30.3 Å². The smallest absolute Gasteiger partial charge is 0.136 e. The van der Waals surface area contributed by atoms with E-state index in [1.54, 1.807) is 12.3 Å². The predicted molar refractivity (Wildman–Crippen MR) is 51.7 cm³/mol. The lowest BCUT2D eigenvalue weighted by Crippen LogP contribution is -1.87. The Kier molecular flexibility index (Phi) is 2.04. The van der Waals surface area contributed by atoms with Crippen LogP contribution in [0.5, 0.6) is 5.75 Å². The second-order valence-electron chi connectivity index (χ2n) is 3.00. The van der Waals surface area contributed by atoms with Gasteiger partial charge in [-0.25, -0.2) is 0 Å². The predicted octanol–water partition coefficient (Wildman–Crippen LogP) is 2.31. The van der Waals surface area contributed by atoms with Crippen LogP contribution in [0.1, 0.15) is 11.3 Å². The zero-order valence-corrected chi connectivity index (χ0v) is 7.20. The lowest BCUT2D eigenvalue weighted by atomic mass is 10.1. The molecule has 0 aliphatic heterocycles. The number of aromatic hydroxyl groups is 1. The van der Waals surface area contributed by atoms with Gasteiger partial charge in [0, 0.05) is 12.6 Å². The second kappa shape index (κ2) is 3.35. The molecule has 0 aliphatic rings. The van der Waals surface area contributed by atoms with Crippen LogP contribution in [0.4, 0.5) is 0 Å². The first-order valence-electron chi connectivity index (χ1n) is 4.25. The summed E-state index contributed by atoms with van der Waals surface area (Å²) in [5.74, 6) is 0.337. The molecule has 0 saturated carbocycles. The number of aromatic amines is 1. The Hall–Kier alpha value is -1.70. The third-order valence-corrected chi connectivity index (χ3v) is 2.03. The summed E-state index contributed by atoms with van der Waals surface area (Å²) in [7, 11) is 0. The van der Waals surface area contributed by atoms with Gasteiger partial charge in [-0.05, 0) is 11.6 Å². The highest BCUT2D eigenvalue weighted by Crippen LogP contribution is 2.17. The molecular formula is C11H11NO. The van der Waals surface area contributed by atoms with Gasteiger partial charge in [-0.15, -0.1) is 0 Å². The number of hydrogen-bond acceptors (Lipinski definition) is 1. The molecule has 0 spiro atoms. The maximum Gasteiger partial charge on any atom is 0.136 e. The molecule has 0 bridgehead atoms. The van der Waals surface area contributed by atoms with Crippen LogP contribution < -0.4 is 0 Å². The first-order valence-corrected chi connectivity index (χ1v) is 4.25. The SMILES string of the molecule is Oc1cc[nH]c1Cc1ccccc1. The molecule has 1 aromatic heterocycles. The third-order valence-electron chi connectivity index (χ3n) is 2.03. The van der Waals surface area contributed by atoms with Crippen molar-refractivity contribution in [3.05, 3.63) is 53.9 Å². The van der Waals surface area contributed by atoms with E-state index in [9.17, 15) is 5.11 Å². The van der Waals surface area contributed by atoms with E-state index in [1.165, 1.54) is 5.56 Å². The minimum absolute atomic E-state index is 0.337. The Labute approximate surface area is 76.9 Å². The highest BCUT2D eigenvalue weighted by atomic mass is 16.3. The molecule has 1 aromatic carbocycles. The molecule has 1 heterocycles. The molecule has 2 nitrogen and oxygen atoms in total. The normalized spacial score (nSPS) is 10.2. The van der Waals surface area contributed by atoms with Crippen molar-refractivity contribution in [3.63, 3.8) is 0 Å². The minimum Gasteiger partial charge on any atom is -0.506 e. The van der Waals surface area contributed by atoms with Crippen LogP contribution in [0, 0.1) is 0 Å². The third kappa shape index (κ3) is 1.72. The van der Waals surface area contributed by atoms with Gasteiger partial charge in [-0.1, -0.05) is 30.3 Å². The van der Waals surface area contributed by atoms with Crippen molar-refractivity contribution in [3.8, 4) is 5.75 Å². The van der Waals surface area contributed by atoms with Crippen LogP contribution in [0.2, 0.25) is 0 Å². The zero-order valence-electron chi connectivity index (χ0n) is 7.20. The molecule has 2 heteroatoms. The molecule has 0 saturated heterocycles. The van der Waals surface area contributed by atoms with Crippen molar-refractivity contribution >= 4 is 0 Å². The first kappa shape index (κ1) is 7.92. The molecule has 0 amide bonds. The van der Waals surface area contributed by atoms with Gasteiger partial charge < -0.3 is 10.1 Å². The van der Waals surface area contributed by atoms with Crippen molar-refractivity contribution in [2.24, 2.45) is 0 Å². The van der Waals surface area contributed by atoms with Crippen molar-refractivity contribution in [2.45, 2.75) is 6.42 Å². The lowest BCUT2D eigenvalue weighted by molar-refractivity contribution is 0.470. The van der Waals surface area contributed by atoms with E-state index >= 15 is 0 Å². The zero-order chi connectivity index (χ0) is 9.10. The van der Waals surface area contributed by atoms with Crippen molar-refractivity contribution < 1.29 is 5.11 Å². The number of aromatic nitrogens is 1. The molecule has 0 unspecified atom stereocenters. The van der Waals surface area contributed by atoms with E-state index < -0.39 is 0 Å². The fourth-order valence-corrected chi connectivity index (χ4v) is 1.34. The summed E-state index contributed by atoms with van der Waals surface area (Å²) in [5, 5.41) is 9.38. The fraction of sp³-hybridized carbons (Fsp3) is 0.0909. The Morgan fingerprint density at radius 3 is 2.46 bits per heavy atom. The largest absolute Gasteiger partial charge is 0.506 e. The van der Waals surface area contributed by atoms with Gasteiger partial charge in [-0.3, -0.25) is 0 Å². The fourth-order valence-electron chi connectivity index (χ4n) is 1.34. The Morgan fingerprint density at radius 2 is 1.85 bits per heavy atom. The summed E-state index contributed by atoms with van der Waals surface area (Å²) >= 11 is 0. The van der Waals surface area contributed by atoms with Gasteiger partial charge in [0.1, 0.15) is 5.75 Å². The lowest BCUT2D eigenvalue weighted by Gasteiger charge is -1.99. The minimum atomic E-state index is 0.337. The summed E-state index contributed by atoms with van der Waals surface area (Å²) in [6.07, 6.45) is 2.49. The highest BCUT2D eigenvalue weighted by molar-refractivity contribution is 5.31. The standard InChI is InChI=1S/C11H11NO/c13-11-6-7-12-10(11)8-9-4-2-1-3-5-9/h1-7,12-13H,8H2. The summed E-state index contributed by atoms with van der Waals surface area (Å²) in [4.78, 5) is 3.00. The van der Waals surface area contributed by atoms with Crippen LogP contribution in [0.25, 0.3) is 0 Å². The van der Waals surface area contributed by atoms with Gasteiger partial charge in [0.2, 0.25) is 0 Å². The monoisotopic (exact) mass is 173 g/mol. The van der Waals surface area contributed by atoms with Crippen LogP contribution in [0.3, 0.4) is 0 Å². The average Bonchev–Trinajstić information content (AvgIpc) is 2.54. The Bertz CT molecular complexity index is 378.